The van der Waals surface area contributed by atoms with Crippen molar-refractivity contribution in [3.05, 3.63) is 151 Å². The van der Waals surface area contributed by atoms with Gasteiger partial charge in [0.25, 0.3) is 0 Å². The molecule has 4 aliphatic carbocycles. The van der Waals surface area contributed by atoms with E-state index in [4.69, 9.17) is 15.0 Å². The van der Waals surface area contributed by atoms with Crippen molar-refractivity contribution in [3.63, 3.8) is 0 Å². The molecule has 4 saturated carbocycles. The van der Waals surface area contributed by atoms with Crippen LogP contribution in [0, 0.1) is 29.1 Å². The summed E-state index contributed by atoms with van der Waals surface area (Å²) >= 11 is 0. The second-order valence-electron chi connectivity index (χ2n) is 15.4. The fourth-order valence-corrected chi connectivity index (χ4v) is 10.1. The third-order valence-electron chi connectivity index (χ3n) is 12.1. The summed E-state index contributed by atoms with van der Waals surface area (Å²) in [6.07, 6.45) is 8.48. The van der Waals surface area contributed by atoms with Gasteiger partial charge in [-0.2, -0.15) is 5.26 Å². The first-order chi connectivity index (χ1) is 25.6. The fourth-order valence-electron chi connectivity index (χ4n) is 10.1. The van der Waals surface area contributed by atoms with Crippen LogP contribution in [0.3, 0.4) is 0 Å². The van der Waals surface area contributed by atoms with E-state index < -0.39 is 0 Å². The number of nitrogens with zero attached hydrogens (tertiary/aromatic N) is 4. The zero-order valence-electron chi connectivity index (χ0n) is 29.0. The van der Waals surface area contributed by atoms with Crippen LogP contribution in [0.1, 0.15) is 49.7 Å². The third-order valence-corrected chi connectivity index (χ3v) is 12.1. The maximum absolute atomic E-state index is 9.54. The predicted octanol–water partition coefficient (Wildman–Crippen LogP) is 11.7. The Bertz CT molecular complexity index is 2480. The third kappa shape index (κ3) is 5.40. The van der Waals surface area contributed by atoms with Crippen molar-refractivity contribution in [1.29, 1.82) is 5.26 Å². The lowest BCUT2D eigenvalue weighted by atomic mass is 9.48. The Morgan fingerprint density at radius 3 is 1.60 bits per heavy atom. The molecular formula is C48H38N4. The first kappa shape index (κ1) is 30.9. The number of hydrogen-bond donors (Lipinski definition) is 0. The van der Waals surface area contributed by atoms with E-state index in [1.165, 1.54) is 49.7 Å². The highest BCUT2D eigenvalue weighted by molar-refractivity contribution is 5.91. The van der Waals surface area contributed by atoms with Crippen LogP contribution in [-0.4, -0.2) is 15.0 Å². The summed E-state index contributed by atoms with van der Waals surface area (Å²) in [6, 6.07) is 51.0. The Morgan fingerprint density at radius 2 is 0.981 bits per heavy atom. The van der Waals surface area contributed by atoms with Crippen LogP contribution in [0.5, 0.6) is 0 Å². The second-order valence-corrected chi connectivity index (χ2v) is 15.4. The lowest BCUT2D eigenvalue weighted by molar-refractivity contribution is -0.00518. The Hall–Kier alpha value is -5.92. The number of benzene rings is 6. The minimum absolute atomic E-state index is 0.372. The van der Waals surface area contributed by atoms with Crippen molar-refractivity contribution in [3.8, 4) is 62.5 Å². The van der Waals surface area contributed by atoms with Crippen LogP contribution in [0.2, 0.25) is 0 Å². The van der Waals surface area contributed by atoms with Crippen LogP contribution >= 0.6 is 0 Å². The predicted molar refractivity (Wildman–Crippen MR) is 209 cm³/mol. The fraction of sp³-hybridized carbons (Fsp3) is 0.208. The first-order valence-electron chi connectivity index (χ1n) is 18.7. The minimum Gasteiger partial charge on any atom is -0.208 e. The maximum Gasteiger partial charge on any atom is 0.164 e. The number of nitriles is 1. The Morgan fingerprint density at radius 1 is 0.462 bits per heavy atom. The van der Waals surface area contributed by atoms with E-state index in [1.807, 2.05) is 42.5 Å². The standard InChI is InChI=1S/C48H38N4/c49-30-31-14-15-35-16-17-38(26-39(35)25-31)42-11-5-7-13-44(42)47-51-45(37-8-2-1-3-9-37)50-46(52-47)43-12-6-4-10-41(43)36-18-20-40(21-19-36)48-27-32-22-33(28-48)24-34(23-32)29-48/h1-21,25-26,32-34H,22-24,27-29H2. The van der Waals surface area contributed by atoms with Crippen molar-refractivity contribution < 1.29 is 0 Å². The molecule has 1 heterocycles. The van der Waals surface area contributed by atoms with Gasteiger partial charge >= 0.3 is 0 Å². The van der Waals surface area contributed by atoms with Crippen molar-refractivity contribution >= 4 is 10.8 Å². The van der Waals surface area contributed by atoms with Gasteiger partial charge in [-0.25, -0.2) is 15.0 Å². The molecule has 0 atom stereocenters. The molecule has 0 amide bonds. The topological polar surface area (TPSA) is 62.5 Å². The average Bonchev–Trinajstić information content (AvgIpc) is 3.20. The van der Waals surface area contributed by atoms with Gasteiger partial charge in [-0.05, 0) is 118 Å². The molecule has 0 N–H and O–H groups in total. The van der Waals surface area contributed by atoms with Gasteiger partial charge in [-0.15, -0.1) is 0 Å². The monoisotopic (exact) mass is 670 g/mol. The van der Waals surface area contributed by atoms with Gasteiger partial charge in [0.15, 0.2) is 17.5 Å². The summed E-state index contributed by atoms with van der Waals surface area (Å²) in [5, 5.41) is 11.7. The quantitative estimate of drug-likeness (QED) is 0.177. The molecule has 4 bridgehead atoms. The number of hydrogen-bond acceptors (Lipinski definition) is 4. The van der Waals surface area contributed by atoms with Crippen LogP contribution in [0.4, 0.5) is 0 Å². The maximum atomic E-state index is 9.54. The second kappa shape index (κ2) is 12.4. The molecule has 7 aromatic rings. The molecule has 0 spiro atoms. The molecule has 0 saturated heterocycles. The molecule has 4 nitrogen and oxygen atoms in total. The highest BCUT2D eigenvalue weighted by atomic mass is 15.0. The smallest absolute Gasteiger partial charge is 0.164 e. The average molecular weight is 671 g/mol. The summed E-state index contributed by atoms with van der Waals surface area (Å²) in [5.41, 5.74) is 9.78. The molecule has 1 aromatic heterocycles. The summed E-state index contributed by atoms with van der Waals surface area (Å²) in [6.45, 7) is 0. The molecule has 11 rings (SSSR count). The number of fused-ring (bicyclic) bond motifs is 1. The van der Waals surface area contributed by atoms with E-state index in [9.17, 15) is 5.26 Å². The van der Waals surface area contributed by atoms with E-state index >= 15 is 0 Å². The highest BCUT2D eigenvalue weighted by Gasteiger charge is 2.51. The van der Waals surface area contributed by atoms with E-state index in [2.05, 4.69) is 103 Å². The molecule has 250 valence electrons. The molecule has 0 aliphatic heterocycles. The van der Waals surface area contributed by atoms with Crippen LogP contribution in [0.25, 0.3) is 67.2 Å². The summed E-state index contributed by atoms with van der Waals surface area (Å²) in [5.74, 6) is 4.68. The first-order valence-corrected chi connectivity index (χ1v) is 18.7. The van der Waals surface area contributed by atoms with Crippen molar-refractivity contribution in [2.75, 3.05) is 0 Å². The van der Waals surface area contributed by atoms with E-state index in [1.54, 1.807) is 0 Å². The zero-order chi connectivity index (χ0) is 34.6. The van der Waals surface area contributed by atoms with Crippen molar-refractivity contribution in [2.24, 2.45) is 17.8 Å². The van der Waals surface area contributed by atoms with Crippen LogP contribution in [-0.2, 0) is 5.41 Å². The largest absolute Gasteiger partial charge is 0.208 e. The summed E-state index contributed by atoms with van der Waals surface area (Å²) in [4.78, 5) is 15.5. The lowest BCUT2D eigenvalue weighted by Crippen LogP contribution is -2.48. The molecule has 6 aromatic carbocycles. The van der Waals surface area contributed by atoms with Crippen LogP contribution < -0.4 is 0 Å². The zero-order valence-corrected chi connectivity index (χ0v) is 29.0. The molecule has 0 unspecified atom stereocenters. The van der Waals surface area contributed by atoms with Gasteiger partial charge in [0.1, 0.15) is 0 Å². The molecule has 52 heavy (non-hydrogen) atoms. The Kier molecular flexibility index (Phi) is 7.35. The van der Waals surface area contributed by atoms with E-state index in [-0.39, 0.29) is 0 Å². The van der Waals surface area contributed by atoms with Crippen molar-refractivity contribution in [1.82, 2.24) is 15.0 Å². The summed E-state index contributed by atoms with van der Waals surface area (Å²) in [7, 11) is 0. The number of rotatable bonds is 6. The van der Waals surface area contributed by atoms with Crippen LogP contribution in [0.15, 0.2) is 140 Å². The van der Waals surface area contributed by atoms with Gasteiger partial charge in [0, 0.05) is 16.7 Å². The van der Waals surface area contributed by atoms with Crippen molar-refractivity contribution in [2.45, 2.75) is 43.9 Å². The van der Waals surface area contributed by atoms with Gasteiger partial charge in [0.2, 0.25) is 0 Å². The summed E-state index contributed by atoms with van der Waals surface area (Å²) < 4.78 is 0. The molecular weight excluding hydrogens is 633 g/mol. The van der Waals surface area contributed by atoms with Gasteiger partial charge in [0.05, 0.1) is 11.6 Å². The van der Waals surface area contributed by atoms with Gasteiger partial charge in [-0.3, -0.25) is 0 Å². The van der Waals surface area contributed by atoms with Gasteiger partial charge in [-0.1, -0.05) is 121 Å². The van der Waals surface area contributed by atoms with E-state index in [0.29, 0.717) is 28.5 Å². The lowest BCUT2D eigenvalue weighted by Gasteiger charge is -2.57. The molecule has 4 heteroatoms. The normalized spacial score (nSPS) is 21.6. The number of aromatic nitrogens is 3. The highest BCUT2D eigenvalue weighted by Crippen LogP contribution is 2.60. The molecule has 0 radical (unpaired) electrons. The minimum atomic E-state index is 0.372. The van der Waals surface area contributed by atoms with Gasteiger partial charge < -0.3 is 0 Å². The molecule has 4 aliphatic rings. The SMILES string of the molecule is N#Cc1ccc2ccc(-c3ccccc3-c3nc(-c4ccccc4)nc(-c4ccccc4-c4ccc(C56CC7CC(CC(C7)C5)C6)cc4)n3)cc2c1. The van der Waals surface area contributed by atoms with E-state index in [0.717, 1.165) is 61.9 Å². The Balaban J connectivity index is 1.08. The Labute approximate surface area is 304 Å². The molecule has 4 fully saturated rings.